The average molecular weight is 186 g/mol. The average Bonchev–Trinajstić information content (AvgIpc) is 1.95. The molecule has 0 aromatic rings. The fourth-order valence-electron chi connectivity index (χ4n) is 1.83. The van der Waals surface area contributed by atoms with Gasteiger partial charge in [-0.05, 0) is 12.8 Å². The number of sulfone groups is 1. The van der Waals surface area contributed by atoms with Crippen LogP contribution >= 0.6 is 0 Å². The molecule has 0 aromatic heterocycles. The maximum absolute atomic E-state index is 11.5. The number of rotatable bonds is 0. The Hall–Kier alpha value is -0.640. The zero-order chi connectivity index (χ0) is 8.77. The van der Waals surface area contributed by atoms with Gasteiger partial charge in [-0.1, -0.05) is 12.2 Å². The van der Waals surface area contributed by atoms with Crippen LogP contribution in [0.4, 0.5) is 0 Å². The largest absolute Gasteiger partial charge is 0.298 e. The Kier molecular flexibility index (Phi) is 1.61. The summed E-state index contributed by atoms with van der Waals surface area (Å²) in [6.45, 7) is 0. The lowest BCUT2D eigenvalue weighted by molar-refractivity contribution is -0.119. The molecule has 0 amide bonds. The van der Waals surface area contributed by atoms with Crippen LogP contribution in [0.3, 0.4) is 0 Å². The van der Waals surface area contributed by atoms with Crippen LogP contribution in [0, 0.1) is 0 Å². The van der Waals surface area contributed by atoms with Crippen LogP contribution in [0.1, 0.15) is 19.3 Å². The monoisotopic (exact) mass is 186 g/mol. The quantitative estimate of drug-likeness (QED) is 0.516. The number of Topliss-reactive ketones (excluding diaryl/α,β-unsaturated/α-hetero) is 1. The first-order valence-electron chi connectivity index (χ1n) is 4.04. The van der Waals surface area contributed by atoms with Crippen LogP contribution in [-0.4, -0.2) is 24.7 Å². The van der Waals surface area contributed by atoms with Crippen molar-refractivity contribution < 1.29 is 13.2 Å². The number of hydrogen-bond donors (Lipinski definition) is 0. The van der Waals surface area contributed by atoms with E-state index in [2.05, 4.69) is 0 Å². The third-order valence-corrected chi connectivity index (χ3v) is 5.04. The van der Waals surface area contributed by atoms with E-state index >= 15 is 0 Å². The van der Waals surface area contributed by atoms with Crippen molar-refractivity contribution in [2.24, 2.45) is 0 Å². The highest BCUT2D eigenvalue weighted by Gasteiger charge is 2.42. The number of fused-ring (bicyclic) bond motifs is 2. The topological polar surface area (TPSA) is 51.2 Å². The van der Waals surface area contributed by atoms with Gasteiger partial charge in [-0.2, -0.15) is 0 Å². The molecule has 66 valence electrons. The number of carbonyl (C=O) groups excluding carboxylic acids is 1. The highest BCUT2D eigenvalue weighted by molar-refractivity contribution is 7.93. The summed E-state index contributed by atoms with van der Waals surface area (Å²) in [4.78, 5) is 11.2. The Morgan fingerprint density at radius 3 is 2.83 bits per heavy atom. The number of allylic oxidation sites excluding steroid dienone is 1. The molecular weight excluding hydrogens is 176 g/mol. The van der Waals surface area contributed by atoms with E-state index in [0.717, 1.165) is 0 Å². The van der Waals surface area contributed by atoms with E-state index in [1.807, 2.05) is 6.08 Å². The summed E-state index contributed by atoms with van der Waals surface area (Å²) < 4.78 is 23.1. The highest BCUT2D eigenvalue weighted by Crippen LogP contribution is 2.30. The minimum atomic E-state index is -3.15. The van der Waals surface area contributed by atoms with Crippen LogP contribution in [0.5, 0.6) is 0 Å². The van der Waals surface area contributed by atoms with Gasteiger partial charge in [0.2, 0.25) is 0 Å². The maximum atomic E-state index is 11.5. The van der Waals surface area contributed by atoms with Crippen molar-refractivity contribution in [1.29, 1.82) is 0 Å². The molecule has 12 heavy (non-hydrogen) atoms. The van der Waals surface area contributed by atoms with Crippen LogP contribution in [0.25, 0.3) is 0 Å². The normalized spacial score (nSPS) is 38.2. The van der Waals surface area contributed by atoms with Gasteiger partial charge in [0.1, 0.15) is 5.25 Å². The fraction of sp³-hybridized carbons (Fsp3) is 0.625. The van der Waals surface area contributed by atoms with Crippen molar-refractivity contribution >= 4 is 15.6 Å². The van der Waals surface area contributed by atoms with E-state index in [0.29, 0.717) is 19.3 Å². The predicted octanol–water partition coefficient (Wildman–Crippen LogP) is 0.461. The molecular formula is C8H10O3S. The lowest BCUT2D eigenvalue weighted by atomic mass is 10.0. The molecule has 0 spiro atoms. The Labute approximate surface area is 71.4 Å². The smallest absolute Gasteiger partial charge is 0.166 e. The molecule has 0 aliphatic carbocycles. The van der Waals surface area contributed by atoms with E-state index in [1.165, 1.54) is 0 Å². The zero-order valence-corrected chi connectivity index (χ0v) is 7.38. The molecule has 2 rings (SSSR count). The standard InChI is InChI=1S/C8H10O3S/c9-7-5-4-6-2-1-3-8(7)12(6,10)11/h1-2,6,8H,3-5H2. The van der Waals surface area contributed by atoms with E-state index in [1.54, 1.807) is 6.08 Å². The Bertz CT molecular complexity index is 339. The summed E-state index contributed by atoms with van der Waals surface area (Å²) in [6.07, 6.45) is 4.83. The molecule has 2 aliphatic rings. The van der Waals surface area contributed by atoms with Gasteiger partial charge in [0.15, 0.2) is 15.6 Å². The molecule has 2 bridgehead atoms. The third-order valence-electron chi connectivity index (χ3n) is 2.55. The molecule has 4 heteroatoms. The van der Waals surface area contributed by atoms with Crippen molar-refractivity contribution in [3.8, 4) is 0 Å². The third kappa shape index (κ3) is 0.941. The van der Waals surface area contributed by atoms with Gasteiger partial charge in [-0.3, -0.25) is 4.79 Å². The minimum Gasteiger partial charge on any atom is -0.298 e. The highest BCUT2D eigenvalue weighted by atomic mass is 32.2. The van der Waals surface area contributed by atoms with Gasteiger partial charge in [-0.25, -0.2) is 8.42 Å². The van der Waals surface area contributed by atoms with E-state index in [4.69, 9.17) is 0 Å². The zero-order valence-electron chi connectivity index (χ0n) is 6.56. The molecule has 2 atom stereocenters. The molecule has 0 N–H and O–H groups in total. The van der Waals surface area contributed by atoms with Gasteiger partial charge in [-0.15, -0.1) is 0 Å². The van der Waals surface area contributed by atoms with Crippen molar-refractivity contribution in [3.05, 3.63) is 12.2 Å². The molecule has 0 saturated carbocycles. The number of carbonyl (C=O) groups is 1. The van der Waals surface area contributed by atoms with Crippen LogP contribution < -0.4 is 0 Å². The van der Waals surface area contributed by atoms with Gasteiger partial charge >= 0.3 is 0 Å². The fourth-order valence-corrected chi connectivity index (χ4v) is 3.89. The molecule has 1 saturated heterocycles. The van der Waals surface area contributed by atoms with Crippen LogP contribution in [0.2, 0.25) is 0 Å². The summed E-state index contributed by atoms with van der Waals surface area (Å²) in [7, 11) is -3.15. The summed E-state index contributed by atoms with van der Waals surface area (Å²) in [5.74, 6) is -0.101. The maximum Gasteiger partial charge on any atom is 0.166 e. The van der Waals surface area contributed by atoms with Gasteiger partial charge in [0.05, 0.1) is 5.25 Å². The lowest BCUT2D eigenvalue weighted by Crippen LogP contribution is -2.43. The van der Waals surface area contributed by atoms with Crippen molar-refractivity contribution in [2.75, 3.05) is 0 Å². The summed E-state index contributed by atoms with van der Waals surface area (Å²) in [5.41, 5.74) is 0. The molecule has 3 nitrogen and oxygen atoms in total. The lowest BCUT2D eigenvalue weighted by Gasteiger charge is -2.29. The Morgan fingerprint density at radius 1 is 1.42 bits per heavy atom. The molecule has 2 aliphatic heterocycles. The first-order valence-corrected chi connectivity index (χ1v) is 5.65. The predicted molar refractivity (Wildman–Crippen MR) is 44.5 cm³/mol. The van der Waals surface area contributed by atoms with Gasteiger partial charge < -0.3 is 0 Å². The number of ketones is 1. The van der Waals surface area contributed by atoms with Gasteiger partial charge in [0.25, 0.3) is 0 Å². The SMILES string of the molecule is O=C1CCC2C=CCC1S2(=O)=O. The summed E-state index contributed by atoms with van der Waals surface area (Å²) in [6, 6.07) is 0. The van der Waals surface area contributed by atoms with Crippen molar-refractivity contribution in [3.63, 3.8) is 0 Å². The Balaban J connectivity index is 2.51. The summed E-state index contributed by atoms with van der Waals surface area (Å²) in [5, 5.41) is -1.10. The van der Waals surface area contributed by atoms with Crippen molar-refractivity contribution in [1.82, 2.24) is 0 Å². The van der Waals surface area contributed by atoms with Crippen LogP contribution in [0.15, 0.2) is 12.2 Å². The molecule has 2 unspecified atom stereocenters. The first-order chi connectivity index (χ1) is 5.62. The first kappa shape index (κ1) is 7.98. The van der Waals surface area contributed by atoms with Crippen LogP contribution in [-0.2, 0) is 14.6 Å². The molecule has 1 fully saturated rings. The van der Waals surface area contributed by atoms with E-state index in [-0.39, 0.29) is 11.0 Å². The van der Waals surface area contributed by atoms with E-state index < -0.39 is 15.1 Å². The van der Waals surface area contributed by atoms with Crippen molar-refractivity contribution in [2.45, 2.75) is 29.8 Å². The van der Waals surface area contributed by atoms with E-state index in [9.17, 15) is 13.2 Å². The molecule has 0 radical (unpaired) electrons. The second-order valence-electron chi connectivity index (χ2n) is 3.28. The summed E-state index contributed by atoms with van der Waals surface area (Å²) >= 11 is 0. The minimum absolute atomic E-state index is 0.101. The number of hydrogen-bond acceptors (Lipinski definition) is 3. The Morgan fingerprint density at radius 2 is 2.17 bits per heavy atom. The van der Waals surface area contributed by atoms with Gasteiger partial charge in [0, 0.05) is 6.42 Å². The molecule has 2 heterocycles. The second-order valence-corrected chi connectivity index (χ2v) is 5.64. The molecule has 0 aromatic carbocycles. The second kappa shape index (κ2) is 2.42.